The number of H-pyrrole nitrogens is 2. The Morgan fingerprint density at radius 3 is 2.04 bits per heavy atom. The highest BCUT2D eigenvalue weighted by atomic mass is 79.9. The Morgan fingerprint density at radius 1 is 0.643 bits per heavy atom. The summed E-state index contributed by atoms with van der Waals surface area (Å²) in [5.74, 6) is 0. The molecule has 4 nitrogen and oxygen atoms in total. The van der Waals surface area contributed by atoms with Gasteiger partial charge in [-0.25, -0.2) is 0 Å². The fourth-order valence-electron chi connectivity index (χ4n) is 3.49. The predicted octanol–water partition coefficient (Wildman–Crippen LogP) is 6.73. The van der Waals surface area contributed by atoms with E-state index in [1.54, 1.807) is 18.2 Å². The van der Waals surface area contributed by atoms with E-state index in [9.17, 15) is 9.59 Å². The van der Waals surface area contributed by atoms with Gasteiger partial charge in [-0.15, -0.1) is 0 Å². The van der Waals surface area contributed by atoms with Gasteiger partial charge < -0.3 is 9.97 Å². The van der Waals surface area contributed by atoms with Crippen molar-refractivity contribution in [2.75, 3.05) is 0 Å². The second-order valence-corrected chi connectivity index (χ2v) is 9.86. The molecule has 138 valence electrons. The molecule has 2 aromatic heterocycles. The molecule has 0 unspecified atom stereocenters. The number of hydrogen-bond acceptors (Lipinski definition) is 2. The van der Waals surface area contributed by atoms with Crippen LogP contribution in [0.15, 0.2) is 63.9 Å². The third kappa shape index (κ3) is 2.65. The number of halogens is 4. The minimum absolute atomic E-state index is 0.0797. The van der Waals surface area contributed by atoms with Crippen LogP contribution >= 0.6 is 63.7 Å². The SMILES string of the molecule is O=c1c2cc(Br)ccc2[nH]c2cc3c(=O)c4c(Br)c(Br)cc(Br)c4[nH]c3cc12. The molecule has 3 aromatic carbocycles. The topological polar surface area (TPSA) is 65.7 Å². The Morgan fingerprint density at radius 2 is 1.29 bits per heavy atom. The van der Waals surface area contributed by atoms with Crippen LogP contribution in [0.5, 0.6) is 0 Å². The van der Waals surface area contributed by atoms with E-state index in [-0.39, 0.29) is 10.9 Å². The third-order valence-corrected chi connectivity index (χ3v) is 7.90. The highest BCUT2D eigenvalue weighted by Crippen LogP contribution is 2.35. The Kier molecular flexibility index (Phi) is 4.32. The molecule has 5 rings (SSSR count). The van der Waals surface area contributed by atoms with Crippen molar-refractivity contribution in [3.05, 3.63) is 74.7 Å². The summed E-state index contributed by atoms with van der Waals surface area (Å²) in [5, 5.41) is 2.18. The zero-order valence-corrected chi connectivity index (χ0v) is 20.1. The van der Waals surface area contributed by atoms with Crippen LogP contribution in [0.4, 0.5) is 0 Å². The summed E-state index contributed by atoms with van der Waals surface area (Å²) in [6, 6.07) is 10.9. The number of benzene rings is 3. The van der Waals surface area contributed by atoms with E-state index in [0.29, 0.717) is 42.6 Å². The number of rotatable bonds is 0. The minimum Gasteiger partial charge on any atom is -0.354 e. The molecule has 0 radical (unpaired) electrons. The number of pyridine rings is 2. The van der Waals surface area contributed by atoms with Gasteiger partial charge in [0.2, 0.25) is 0 Å². The molecule has 0 bridgehead atoms. The van der Waals surface area contributed by atoms with Crippen LogP contribution in [0.2, 0.25) is 0 Å². The molecule has 2 heterocycles. The normalized spacial score (nSPS) is 11.9. The largest absolute Gasteiger partial charge is 0.354 e. The summed E-state index contributed by atoms with van der Waals surface area (Å²) in [5.41, 5.74) is 2.44. The Hall–Kier alpha value is -1.48. The molecule has 5 aromatic rings. The van der Waals surface area contributed by atoms with E-state index in [1.807, 2.05) is 18.2 Å². The van der Waals surface area contributed by atoms with E-state index in [1.165, 1.54) is 0 Å². The first-order chi connectivity index (χ1) is 13.3. The quantitative estimate of drug-likeness (QED) is 0.148. The van der Waals surface area contributed by atoms with Gasteiger partial charge in [0, 0.05) is 39.6 Å². The van der Waals surface area contributed by atoms with Gasteiger partial charge in [0.1, 0.15) is 0 Å². The van der Waals surface area contributed by atoms with E-state index < -0.39 is 0 Å². The van der Waals surface area contributed by atoms with Crippen molar-refractivity contribution in [3.8, 4) is 0 Å². The van der Waals surface area contributed by atoms with Crippen LogP contribution in [-0.4, -0.2) is 9.97 Å². The molecule has 28 heavy (non-hydrogen) atoms. The van der Waals surface area contributed by atoms with E-state index in [0.717, 1.165) is 18.9 Å². The van der Waals surface area contributed by atoms with Crippen LogP contribution in [0.1, 0.15) is 0 Å². The van der Waals surface area contributed by atoms with Crippen LogP contribution in [-0.2, 0) is 0 Å². The predicted molar refractivity (Wildman–Crippen MR) is 129 cm³/mol. The Labute approximate surface area is 190 Å². The van der Waals surface area contributed by atoms with Gasteiger partial charge in [-0.3, -0.25) is 9.59 Å². The lowest BCUT2D eigenvalue weighted by Crippen LogP contribution is -2.09. The maximum absolute atomic E-state index is 13.3. The van der Waals surface area contributed by atoms with Crippen molar-refractivity contribution >= 4 is 107 Å². The lowest BCUT2D eigenvalue weighted by atomic mass is 10.1. The second-order valence-electron chi connectivity index (χ2n) is 6.45. The van der Waals surface area contributed by atoms with Gasteiger partial charge >= 0.3 is 0 Å². The van der Waals surface area contributed by atoms with Crippen LogP contribution in [0, 0.1) is 0 Å². The molecule has 0 fully saturated rings. The fraction of sp³-hybridized carbons (Fsp3) is 0. The fourth-order valence-corrected chi connectivity index (χ4v) is 5.60. The van der Waals surface area contributed by atoms with Gasteiger partial charge in [-0.2, -0.15) is 0 Å². The number of nitrogens with one attached hydrogen (secondary N) is 2. The second kappa shape index (κ2) is 6.52. The summed E-state index contributed by atoms with van der Waals surface area (Å²) >= 11 is 13.9. The average Bonchev–Trinajstić information content (AvgIpc) is 2.66. The van der Waals surface area contributed by atoms with E-state index in [2.05, 4.69) is 73.7 Å². The summed E-state index contributed by atoms with van der Waals surface area (Å²) in [6.07, 6.45) is 0. The van der Waals surface area contributed by atoms with Gasteiger partial charge in [0.15, 0.2) is 10.9 Å². The molecule has 0 aliphatic carbocycles. The molecular weight excluding hydrogens is 620 g/mol. The van der Waals surface area contributed by atoms with E-state index >= 15 is 0 Å². The summed E-state index contributed by atoms with van der Waals surface area (Å²) in [7, 11) is 0. The first-order valence-electron chi connectivity index (χ1n) is 8.13. The van der Waals surface area contributed by atoms with Gasteiger partial charge in [-0.1, -0.05) is 15.9 Å². The minimum atomic E-state index is -0.115. The molecule has 0 aliphatic rings. The molecule has 0 saturated carbocycles. The van der Waals surface area contributed by atoms with Crippen molar-refractivity contribution in [3.63, 3.8) is 0 Å². The number of fused-ring (bicyclic) bond motifs is 4. The highest BCUT2D eigenvalue weighted by molar-refractivity contribution is 9.13. The lowest BCUT2D eigenvalue weighted by molar-refractivity contribution is 1.44. The van der Waals surface area contributed by atoms with Crippen LogP contribution in [0.3, 0.4) is 0 Å². The van der Waals surface area contributed by atoms with Crippen molar-refractivity contribution in [1.29, 1.82) is 0 Å². The molecule has 0 atom stereocenters. The van der Waals surface area contributed by atoms with Crippen molar-refractivity contribution in [1.82, 2.24) is 9.97 Å². The van der Waals surface area contributed by atoms with Crippen LogP contribution in [0.25, 0.3) is 43.6 Å². The molecule has 0 spiro atoms. The molecule has 0 amide bonds. The Bertz CT molecular complexity index is 1600. The summed E-state index contributed by atoms with van der Waals surface area (Å²) in [4.78, 5) is 32.9. The van der Waals surface area contributed by atoms with Crippen LogP contribution < -0.4 is 10.9 Å². The number of hydrogen-bond donors (Lipinski definition) is 2. The monoisotopic (exact) mass is 624 g/mol. The van der Waals surface area contributed by atoms with Gasteiger partial charge in [-0.05, 0) is 84.2 Å². The van der Waals surface area contributed by atoms with Crippen molar-refractivity contribution < 1.29 is 0 Å². The summed E-state index contributed by atoms with van der Waals surface area (Å²) in [6.45, 7) is 0. The first-order valence-corrected chi connectivity index (χ1v) is 11.3. The number of aromatic nitrogens is 2. The number of aromatic amines is 2. The highest BCUT2D eigenvalue weighted by Gasteiger charge is 2.16. The molecule has 0 aliphatic heterocycles. The zero-order valence-electron chi connectivity index (χ0n) is 13.8. The van der Waals surface area contributed by atoms with Gasteiger partial charge in [0.05, 0.1) is 21.9 Å². The van der Waals surface area contributed by atoms with E-state index in [4.69, 9.17) is 0 Å². The smallest absolute Gasteiger partial charge is 0.198 e. The summed E-state index contributed by atoms with van der Waals surface area (Å²) < 4.78 is 3.06. The first kappa shape index (κ1) is 18.5. The lowest BCUT2D eigenvalue weighted by Gasteiger charge is -2.10. The molecule has 0 saturated heterocycles. The maximum Gasteiger partial charge on any atom is 0.198 e. The zero-order chi connectivity index (χ0) is 19.7. The van der Waals surface area contributed by atoms with Gasteiger partial charge in [0.25, 0.3) is 0 Å². The van der Waals surface area contributed by atoms with Crippen molar-refractivity contribution in [2.24, 2.45) is 0 Å². The standard InChI is InChI=1S/C20H8Br4N2O2/c21-7-1-2-13-8(3-7)19(27)9-4-15-10(5-14(9)25-13)20(28)16-17(24)11(22)6-12(23)18(16)26-15/h1-6H,(H,25,27)(H,26,28). The molecule has 8 heteroatoms. The Balaban J connectivity index is 2.02. The molecular formula is C20H8Br4N2O2. The van der Waals surface area contributed by atoms with Crippen molar-refractivity contribution in [2.45, 2.75) is 0 Å². The molecule has 2 N–H and O–H groups in total. The maximum atomic E-state index is 13.3. The average molecular weight is 628 g/mol. The third-order valence-electron chi connectivity index (χ3n) is 4.80.